The molecule has 1 N–H and O–H groups in total. The van der Waals surface area contributed by atoms with Gasteiger partial charge in [0, 0.05) is 0 Å². The monoisotopic (exact) mass is 167 g/mol. The SMILES string of the molecule is C=Cc1sc(C)nc1C(=C)O. The first-order valence-electron chi connectivity index (χ1n) is 3.13. The van der Waals surface area contributed by atoms with Crippen molar-refractivity contribution in [2.75, 3.05) is 0 Å². The fourth-order valence-electron chi connectivity index (χ4n) is 0.788. The Balaban J connectivity index is 3.22. The van der Waals surface area contributed by atoms with E-state index in [0.717, 1.165) is 9.88 Å². The molecule has 0 aliphatic carbocycles. The van der Waals surface area contributed by atoms with E-state index in [0.29, 0.717) is 5.69 Å². The number of hydrogen-bond donors (Lipinski definition) is 1. The van der Waals surface area contributed by atoms with Crippen molar-refractivity contribution in [2.24, 2.45) is 0 Å². The summed E-state index contributed by atoms with van der Waals surface area (Å²) in [4.78, 5) is 4.95. The molecule has 0 fully saturated rings. The molecule has 1 aromatic heterocycles. The smallest absolute Gasteiger partial charge is 0.135 e. The number of aromatic nitrogens is 1. The van der Waals surface area contributed by atoms with Crippen LogP contribution in [0.3, 0.4) is 0 Å². The van der Waals surface area contributed by atoms with Gasteiger partial charge in [0.05, 0.1) is 9.88 Å². The molecule has 0 radical (unpaired) electrons. The van der Waals surface area contributed by atoms with Gasteiger partial charge in [-0.05, 0) is 13.0 Å². The standard InChI is InChI=1S/C8H9NOS/c1-4-7-8(5(2)10)9-6(3)11-7/h4,10H,1-2H2,3H3. The van der Waals surface area contributed by atoms with E-state index < -0.39 is 0 Å². The van der Waals surface area contributed by atoms with Crippen molar-refractivity contribution >= 4 is 23.2 Å². The Morgan fingerprint density at radius 3 is 2.73 bits per heavy atom. The van der Waals surface area contributed by atoms with Crippen molar-refractivity contribution in [3.8, 4) is 0 Å². The van der Waals surface area contributed by atoms with E-state index in [2.05, 4.69) is 18.1 Å². The fourth-order valence-corrected chi connectivity index (χ4v) is 1.59. The maximum absolute atomic E-state index is 9.05. The van der Waals surface area contributed by atoms with Gasteiger partial charge in [-0.1, -0.05) is 13.2 Å². The molecule has 1 aromatic rings. The molecule has 0 aliphatic rings. The molecular weight excluding hydrogens is 158 g/mol. The van der Waals surface area contributed by atoms with E-state index >= 15 is 0 Å². The predicted octanol–water partition coefficient (Wildman–Crippen LogP) is 2.62. The molecule has 1 rings (SSSR count). The Hall–Kier alpha value is -1.09. The van der Waals surface area contributed by atoms with Crippen LogP contribution < -0.4 is 0 Å². The summed E-state index contributed by atoms with van der Waals surface area (Å²) < 4.78 is 0. The Bertz CT molecular complexity index is 301. The van der Waals surface area contributed by atoms with Crippen LogP contribution >= 0.6 is 11.3 Å². The average molecular weight is 167 g/mol. The van der Waals surface area contributed by atoms with Crippen molar-refractivity contribution in [3.63, 3.8) is 0 Å². The van der Waals surface area contributed by atoms with Gasteiger partial charge in [0.15, 0.2) is 0 Å². The largest absolute Gasteiger partial charge is 0.506 e. The van der Waals surface area contributed by atoms with Gasteiger partial charge in [-0.15, -0.1) is 11.3 Å². The Labute approximate surface area is 69.5 Å². The number of aryl methyl sites for hydroxylation is 1. The van der Waals surface area contributed by atoms with Crippen LogP contribution in [0.15, 0.2) is 13.2 Å². The Morgan fingerprint density at radius 1 is 1.73 bits per heavy atom. The van der Waals surface area contributed by atoms with Crippen molar-refractivity contribution in [1.82, 2.24) is 4.98 Å². The number of thiazole rings is 1. The Kier molecular flexibility index (Phi) is 2.10. The summed E-state index contributed by atoms with van der Waals surface area (Å²) in [5.74, 6) is 0.00394. The molecule has 0 saturated heterocycles. The van der Waals surface area contributed by atoms with Gasteiger partial charge in [-0.25, -0.2) is 4.98 Å². The van der Waals surface area contributed by atoms with Crippen LogP contribution in [0.25, 0.3) is 11.8 Å². The highest BCUT2D eigenvalue weighted by atomic mass is 32.1. The highest BCUT2D eigenvalue weighted by molar-refractivity contribution is 7.12. The number of hydrogen-bond acceptors (Lipinski definition) is 3. The van der Waals surface area contributed by atoms with E-state index in [1.807, 2.05) is 6.92 Å². The van der Waals surface area contributed by atoms with Gasteiger partial charge < -0.3 is 5.11 Å². The van der Waals surface area contributed by atoms with Crippen LogP contribution in [0.2, 0.25) is 0 Å². The second-order valence-electron chi connectivity index (χ2n) is 2.10. The van der Waals surface area contributed by atoms with Gasteiger partial charge in [0.25, 0.3) is 0 Å². The number of aliphatic hydroxyl groups is 1. The van der Waals surface area contributed by atoms with Crippen LogP contribution in [-0.2, 0) is 0 Å². The van der Waals surface area contributed by atoms with E-state index in [4.69, 9.17) is 5.11 Å². The van der Waals surface area contributed by atoms with Crippen molar-refractivity contribution in [3.05, 3.63) is 28.7 Å². The highest BCUT2D eigenvalue weighted by Crippen LogP contribution is 2.22. The zero-order valence-electron chi connectivity index (χ0n) is 6.29. The Morgan fingerprint density at radius 2 is 2.36 bits per heavy atom. The van der Waals surface area contributed by atoms with Gasteiger partial charge in [-0.2, -0.15) is 0 Å². The predicted molar refractivity (Wildman–Crippen MR) is 48.6 cm³/mol. The first-order chi connectivity index (χ1) is 5.15. The minimum Gasteiger partial charge on any atom is -0.506 e. The molecule has 58 valence electrons. The molecule has 2 nitrogen and oxygen atoms in total. The minimum atomic E-state index is 0.00394. The molecule has 0 atom stereocenters. The summed E-state index contributed by atoms with van der Waals surface area (Å²) >= 11 is 1.49. The quantitative estimate of drug-likeness (QED) is 0.687. The molecular formula is C8H9NOS. The summed E-state index contributed by atoms with van der Waals surface area (Å²) in [7, 11) is 0. The van der Waals surface area contributed by atoms with Crippen LogP contribution in [0.5, 0.6) is 0 Å². The van der Waals surface area contributed by atoms with E-state index in [-0.39, 0.29) is 5.76 Å². The molecule has 0 unspecified atom stereocenters. The fraction of sp³-hybridized carbons (Fsp3) is 0.125. The maximum Gasteiger partial charge on any atom is 0.135 e. The molecule has 0 aromatic carbocycles. The second kappa shape index (κ2) is 2.88. The molecule has 0 aliphatic heterocycles. The lowest BCUT2D eigenvalue weighted by atomic mass is 10.3. The highest BCUT2D eigenvalue weighted by Gasteiger charge is 2.07. The molecule has 3 heteroatoms. The number of nitrogens with zero attached hydrogens (tertiary/aromatic N) is 1. The second-order valence-corrected chi connectivity index (χ2v) is 3.33. The van der Waals surface area contributed by atoms with Crippen molar-refractivity contribution in [1.29, 1.82) is 0 Å². The first-order valence-corrected chi connectivity index (χ1v) is 3.95. The van der Waals surface area contributed by atoms with E-state index in [9.17, 15) is 0 Å². The van der Waals surface area contributed by atoms with E-state index in [1.165, 1.54) is 11.3 Å². The van der Waals surface area contributed by atoms with Crippen LogP contribution in [0, 0.1) is 6.92 Å². The topological polar surface area (TPSA) is 33.1 Å². The zero-order valence-corrected chi connectivity index (χ0v) is 7.11. The van der Waals surface area contributed by atoms with Crippen LogP contribution in [0.1, 0.15) is 15.6 Å². The maximum atomic E-state index is 9.05. The van der Waals surface area contributed by atoms with Gasteiger partial charge in [0.1, 0.15) is 11.5 Å². The molecule has 0 spiro atoms. The van der Waals surface area contributed by atoms with Crippen molar-refractivity contribution < 1.29 is 5.11 Å². The third-order valence-electron chi connectivity index (χ3n) is 1.22. The summed E-state index contributed by atoms with van der Waals surface area (Å²) in [6, 6.07) is 0. The summed E-state index contributed by atoms with van der Waals surface area (Å²) in [5.41, 5.74) is 0.544. The third-order valence-corrected chi connectivity index (χ3v) is 2.19. The summed E-state index contributed by atoms with van der Waals surface area (Å²) in [5, 5.41) is 9.96. The van der Waals surface area contributed by atoms with Gasteiger partial charge in [0.2, 0.25) is 0 Å². The van der Waals surface area contributed by atoms with Crippen LogP contribution in [0.4, 0.5) is 0 Å². The molecule has 0 saturated carbocycles. The normalized spacial score (nSPS) is 9.55. The molecule has 1 heterocycles. The van der Waals surface area contributed by atoms with Crippen LogP contribution in [-0.4, -0.2) is 10.1 Å². The van der Waals surface area contributed by atoms with Gasteiger partial charge in [-0.3, -0.25) is 0 Å². The summed E-state index contributed by atoms with van der Waals surface area (Å²) in [6.45, 7) is 8.88. The van der Waals surface area contributed by atoms with Gasteiger partial charge >= 0.3 is 0 Å². The molecule has 11 heavy (non-hydrogen) atoms. The molecule has 0 bridgehead atoms. The number of aliphatic hydroxyl groups excluding tert-OH is 1. The first kappa shape index (κ1) is 8.01. The van der Waals surface area contributed by atoms with E-state index in [1.54, 1.807) is 6.08 Å². The average Bonchev–Trinajstić information content (AvgIpc) is 2.30. The lowest BCUT2D eigenvalue weighted by molar-refractivity contribution is 0.511. The lowest BCUT2D eigenvalue weighted by Crippen LogP contribution is -1.83. The van der Waals surface area contributed by atoms with Crippen molar-refractivity contribution in [2.45, 2.75) is 6.92 Å². The lowest BCUT2D eigenvalue weighted by Gasteiger charge is -1.91. The third kappa shape index (κ3) is 1.49. The zero-order chi connectivity index (χ0) is 8.43. The molecule has 0 amide bonds. The minimum absolute atomic E-state index is 0.00394. The number of rotatable bonds is 2. The summed E-state index contributed by atoms with van der Waals surface area (Å²) in [6.07, 6.45) is 1.67.